The Labute approximate surface area is 101 Å². The summed E-state index contributed by atoms with van der Waals surface area (Å²) in [5, 5.41) is 0. The zero-order chi connectivity index (χ0) is 12.4. The van der Waals surface area contributed by atoms with Crippen LogP contribution in [0.25, 0.3) is 0 Å². The Balaban J connectivity index is 2.40. The molecule has 0 bridgehead atoms. The molecule has 1 aliphatic heterocycles. The van der Waals surface area contributed by atoms with Crippen LogP contribution in [-0.2, 0) is 4.74 Å². The second kappa shape index (κ2) is 5.02. The van der Waals surface area contributed by atoms with Crippen molar-refractivity contribution < 1.29 is 9.13 Å². The van der Waals surface area contributed by atoms with Gasteiger partial charge in [0.1, 0.15) is 5.82 Å². The van der Waals surface area contributed by atoms with Crippen LogP contribution in [0.5, 0.6) is 0 Å². The number of nitrogens with two attached hydrogens (primary N) is 1. The molecule has 0 radical (unpaired) electrons. The summed E-state index contributed by atoms with van der Waals surface area (Å²) in [7, 11) is 0. The topological polar surface area (TPSA) is 38.5 Å². The highest BCUT2D eigenvalue weighted by Gasteiger charge is 2.23. The van der Waals surface area contributed by atoms with E-state index in [4.69, 9.17) is 10.5 Å². The normalized spacial score (nSPS) is 22.6. The average Bonchev–Trinajstić information content (AvgIpc) is 2.28. The van der Waals surface area contributed by atoms with Crippen molar-refractivity contribution in [3.63, 3.8) is 0 Å². The molecule has 2 atom stereocenters. The van der Waals surface area contributed by atoms with E-state index in [1.54, 1.807) is 6.07 Å². The standard InChI is InChI=1S/C13H19FN2O/c1-9-8-17-7-6-16(9)12-5-3-4-11(14)13(12)10(2)15/h3-5,9-10H,6-8,15H2,1-2H3. The first-order chi connectivity index (χ1) is 8.11. The van der Waals surface area contributed by atoms with Gasteiger partial charge in [-0.05, 0) is 26.0 Å². The number of hydrogen-bond acceptors (Lipinski definition) is 3. The molecule has 3 nitrogen and oxygen atoms in total. The summed E-state index contributed by atoms with van der Waals surface area (Å²) in [5.41, 5.74) is 7.37. The Bertz CT molecular complexity index is 395. The van der Waals surface area contributed by atoms with Gasteiger partial charge in [0.2, 0.25) is 0 Å². The van der Waals surface area contributed by atoms with Crippen LogP contribution in [0.3, 0.4) is 0 Å². The summed E-state index contributed by atoms with van der Waals surface area (Å²) in [6.45, 7) is 6.03. The second-order valence-corrected chi connectivity index (χ2v) is 4.58. The third-order valence-electron chi connectivity index (χ3n) is 3.16. The van der Waals surface area contributed by atoms with Gasteiger partial charge in [0, 0.05) is 29.9 Å². The number of morpholine rings is 1. The third kappa shape index (κ3) is 2.42. The van der Waals surface area contributed by atoms with Gasteiger partial charge in [-0.1, -0.05) is 6.07 Å². The first-order valence-corrected chi connectivity index (χ1v) is 5.99. The lowest BCUT2D eigenvalue weighted by molar-refractivity contribution is 0.0988. The molecule has 0 amide bonds. The van der Waals surface area contributed by atoms with Crippen LogP contribution >= 0.6 is 0 Å². The second-order valence-electron chi connectivity index (χ2n) is 4.58. The van der Waals surface area contributed by atoms with Crippen LogP contribution < -0.4 is 10.6 Å². The number of rotatable bonds is 2. The maximum absolute atomic E-state index is 13.8. The predicted octanol–water partition coefficient (Wildman–Crippen LogP) is 2.07. The van der Waals surface area contributed by atoms with Crippen LogP contribution in [0.15, 0.2) is 18.2 Å². The lowest BCUT2D eigenvalue weighted by Gasteiger charge is -2.37. The van der Waals surface area contributed by atoms with Crippen LogP contribution in [0.2, 0.25) is 0 Å². The third-order valence-corrected chi connectivity index (χ3v) is 3.16. The summed E-state index contributed by atoms with van der Waals surface area (Å²) < 4.78 is 19.2. The minimum absolute atomic E-state index is 0.226. The quantitative estimate of drug-likeness (QED) is 0.857. The van der Waals surface area contributed by atoms with Gasteiger partial charge in [0.15, 0.2) is 0 Å². The first kappa shape index (κ1) is 12.3. The molecule has 2 N–H and O–H groups in total. The molecule has 1 fully saturated rings. The summed E-state index contributed by atoms with van der Waals surface area (Å²) in [6.07, 6.45) is 0. The van der Waals surface area contributed by atoms with Crippen molar-refractivity contribution in [2.75, 3.05) is 24.7 Å². The van der Waals surface area contributed by atoms with Gasteiger partial charge < -0.3 is 15.4 Å². The summed E-state index contributed by atoms with van der Waals surface area (Å²) in [6, 6.07) is 5.08. The first-order valence-electron chi connectivity index (χ1n) is 5.99. The predicted molar refractivity (Wildman–Crippen MR) is 66.6 cm³/mol. The van der Waals surface area contributed by atoms with Crippen molar-refractivity contribution in [1.82, 2.24) is 0 Å². The SMILES string of the molecule is CC(N)c1c(F)cccc1N1CCOCC1C. The summed E-state index contributed by atoms with van der Waals surface area (Å²) >= 11 is 0. The van der Waals surface area contributed by atoms with E-state index in [2.05, 4.69) is 11.8 Å². The van der Waals surface area contributed by atoms with E-state index in [0.717, 1.165) is 12.2 Å². The summed E-state index contributed by atoms with van der Waals surface area (Å²) in [4.78, 5) is 2.17. The fraction of sp³-hybridized carbons (Fsp3) is 0.538. The van der Waals surface area contributed by atoms with Crippen molar-refractivity contribution in [2.24, 2.45) is 5.73 Å². The molecule has 2 unspecified atom stereocenters. The highest BCUT2D eigenvalue weighted by atomic mass is 19.1. The van der Waals surface area contributed by atoms with Crippen molar-refractivity contribution >= 4 is 5.69 Å². The van der Waals surface area contributed by atoms with Gasteiger partial charge in [0.05, 0.1) is 13.2 Å². The number of ether oxygens (including phenoxy) is 1. The van der Waals surface area contributed by atoms with Crippen LogP contribution in [0.1, 0.15) is 25.5 Å². The molecule has 0 aromatic heterocycles. The molecule has 1 saturated heterocycles. The molecular formula is C13H19FN2O. The molecule has 0 aliphatic carbocycles. The van der Waals surface area contributed by atoms with Crippen molar-refractivity contribution in [3.05, 3.63) is 29.6 Å². The minimum atomic E-state index is -0.304. The van der Waals surface area contributed by atoms with Crippen LogP contribution in [0, 0.1) is 5.82 Å². The van der Waals surface area contributed by atoms with Crippen molar-refractivity contribution in [1.29, 1.82) is 0 Å². The maximum atomic E-state index is 13.8. The van der Waals surface area contributed by atoms with Gasteiger partial charge in [-0.2, -0.15) is 0 Å². The molecule has 1 aromatic rings. The van der Waals surface area contributed by atoms with E-state index in [-0.39, 0.29) is 17.9 Å². The van der Waals surface area contributed by atoms with Gasteiger partial charge in [-0.15, -0.1) is 0 Å². The number of hydrogen-bond donors (Lipinski definition) is 1. The molecule has 1 heterocycles. The van der Waals surface area contributed by atoms with Gasteiger partial charge >= 0.3 is 0 Å². The zero-order valence-corrected chi connectivity index (χ0v) is 10.3. The Morgan fingerprint density at radius 3 is 2.94 bits per heavy atom. The van der Waals surface area contributed by atoms with Gasteiger partial charge in [0.25, 0.3) is 0 Å². The lowest BCUT2D eigenvalue weighted by atomic mass is 10.0. The van der Waals surface area contributed by atoms with E-state index in [9.17, 15) is 4.39 Å². The van der Waals surface area contributed by atoms with Crippen molar-refractivity contribution in [2.45, 2.75) is 25.9 Å². The van der Waals surface area contributed by atoms with E-state index in [1.807, 2.05) is 13.0 Å². The molecule has 4 heteroatoms. The van der Waals surface area contributed by atoms with E-state index >= 15 is 0 Å². The Hall–Kier alpha value is -1.13. The van der Waals surface area contributed by atoms with Crippen molar-refractivity contribution in [3.8, 4) is 0 Å². The highest BCUT2D eigenvalue weighted by Crippen LogP contribution is 2.30. The molecule has 1 aliphatic rings. The lowest BCUT2D eigenvalue weighted by Crippen LogP contribution is -2.44. The smallest absolute Gasteiger partial charge is 0.130 e. The molecule has 17 heavy (non-hydrogen) atoms. The summed E-state index contributed by atoms with van der Waals surface area (Å²) in [5.74, 6) is -0.226. The fourth-order valence-electron chi connectivity index (χ4n) is 2.31. The minimum Gasteiger partial charge on any atom is -0.377 e. The molecule has 94 valence electrons. The monoisotopic (exact) mass is 238 g/mol. The van der Waals surface area contributed by atoms with Crippen LogP contribution in [0.4, 0.5) is 10.1 Å². The number of anilines is 1. The molecular weight excluding hydrogens is 219 g/mol. The maximum Gasteiger partial charge on any atom is 0.130 e. The number of nitrogens with zero attached hydrogens (tertiary/aromatic N) is 1. The van der Waals surface area contributed by atoms with E-state index in [1.165, 1.54) is 6.07 Å². The highest BCUT2D eigenvalue weighted by molar-refractivity contribution is 5.56. The largest absolute Gasteiger partial charge is 0.377 e. The fourth-order valence-corrected chi connectivity index (χ4v) is 2.31. The zero-order valence-electron chi connectivity index (χ0n) is 10.3. The Kier molecular flexibility index (Phi) is 3.64. The average molecular weight is 238 g/mol. The molecule has 0 spiro atoms. The van der Waals surface area contributed by atoms with Crippen LogP contribution in [-0.4, -0.2) is 25.8 Å². The number of halogens is 1. The molecule has 0 saturated carbocycles. The van der Waals surface area contributed by atoms with Gasteiger partial charge in [-0.25, -0.2) is 4.39 Å². The van der Waals surface area contributed by atoms with E-state index < -0.39 is 0 Å². The van der Waals surface area contributed by atoms with Gasteiger partial charge in [-0.3, -0.25) is 0 Å². The Morgan fingerprint density at radius 2 is 2.29 bits per heavy atom. The Morgan fingerprint density at radius 1 is 1.53 bits per heavy atom. The van der Waals surface area contributed by atoms with E-state index in [0.29, 0.717) is 18.8 Å². The molecule has 1 aromatic carbocycles. The molecule has 2 rings (SSSR count). The number of benzene rings is 1.